The van der Waals surface area contributed by atoms with Crippen LogP contribution in [0.1, 0.15) is 44.1 Å². The number of aliphatic hydroxyl groups excluding tert-OH is 1. The summed E-state index contributed by atoms with van der Waals surface area (Å²) in [6.07, 6.45) is 4.40. The van der Waals surface area contributed by atoms with Gasteiger partial charge in [0.1, 0.15) is 11.4 Å². The average Bonchev–Trinajstić information content (AvgIpc) is 2.99. The molecule has 3 N–H and O–H groups in total. The molecule has 1 aromatic heterocycles. The maximum Gasteiger partial charge on any atom is 0.319 e. The zero-order valence-electron chi connectivity index (χ0n) is 11.5. The number of amides is 2. The third kappa shape index (κ3) is 2.89. The van der Waals surface area contributed by atoms with Crippen LogP contribution < -0.4 is 10.6 Å². The molecule has 6 heteroatoms. The smallest absolute Gasteiger partial charge is 0.319 e. The lowest BCUT2D eigenvalue weighted by atomic mass is 9.99. The van der Waals surface area contributed by atoms with Crippen molar-refractivity contribution < 1.29 is 14.4 Å². The predicted molar refractivity (Wildman–Crippen MR) is 71.1 cm³/mol. The number of aryl methyl sites for hydroxylation is 2. The maximum absolute atomic E-state index is 12.0. The first kappa shape index (κ1) is 13.9. The molecule has 0 saturated heterocycles. The molecule has 0 spiro atoms. The molecule has 1 saturated carbocycles. The summed E-state index contributed by atoms with van der Waals surface area (Å²) < 4.78 is 5.07. The number of carbonyl (C=O) groups excluding carboxylic acids is 1. The van der Waals surface area contributed by atoms with Crippen LogP contribution in [-0.4, -0.2) is 28.4 Å². The van der Waals surface area contributed by atoms with Gasteiger partial charge in [-0.1, -0.05) is 24.9 Å². The largest absolute Gasteiger partial charge is 0.394 e. The van der Waals surface area contributed by atoms with Gasteiger partial charge in [-0.15, -0.1) is 0 Å². The summed E-state index contributed by atoms with van der Waals surface area (Å²) in [6, 6.07) is -0.308. The summed E-state index contributed by atoms with van der Waals surface area (Å²) in [5, 5.41) is 19.0. The van der Waals surface area contributed by atoms with Crippen molar-refractivity contribution in [3.05, 3.63) is 11.5 Å². The number of aliphatic hydroxyl groups is 1. The Kier molecular flexibility index (Phi) is 4.09. The van der Waals surface area contributed by atoms with E-state index in [4.69, 9.17) is 4.52 Å². The third-order valence-corrected chi connectivity index (χ3v) is 3.75. The van der Waals surface area contributed by atoms with Gasteiger partial charge in [0, 0.05) is 0 Å². The van der Waals surface area contributed by atoms with E-state index in [9.17, 15) is 9.90 Å². The molecule has 0 bridgehead atoms. The van der Waals surface area contributed by atoms with Crippen molar-refractivity contribution in [3.63, 3.8) is 0 Å². The van der Waals surface area contributed by atoms with Gasteiger partial charge >= 0.3 is 6.03 Å². The first-order chi connectivity index (χ1) is 9.10. The summed E-state index contributed by atoms with van der Waals surface area (Å²) in [6.45, 7) is 3.69. The number of anilines is 1. The van der Waals surface area contributed by atoms with Crippen molar-refractivity contribution in [2.24, 2.45) is 0 Å². The van der Waals surface area contributed by atoms with Crippen molar-refractivity contribution in [1.82, 2.24) is 10.5 Å². The number of nitrogens with one attached hydrogen (secondary N) is 2. The van der Waals surface area contributed by atoms with Crippen molar-refractivity contribution in [3.8, 4) is 0 Å². The fourth-order valence-electron chi connectivity index (χ4n) is 2.58. The zero-order valence-corrected chi connectivity index (χ0v) is 11.5. The van der Waals surface area contributed by atoms with E-state index in [-0.39, 0.29) is 12.6 Å². The summed E-state index contributed by atoms with van der Waals surface area (Å²) in [5.74, 6) is 0.594. The SMILES string of the molecule is CCc1noc(C)c1NC(=O)NC1(CO)CCCC1. The Morgan fingerprint density at radius 1 is 1.47 bits per heavy atom. The van der Waals surface area contributed by atoms with Gasteiger partial charge in [-0.05, 0) is 26.2 Å². The number of aromatic nitrogens is 1. The van der Waals surface area contributed by atoms with Crippen LogP contribution in [-0.2, 0) is 6.42 Å². The lowest BCUT2D eigenvalue weighted by Crippen LogP contribution is -2.50. The van der Waals surface area contributed by atoms with Crippen molar-refractivity contribution in [2.75, 3.05) is 11.9 Å². The fraction of sp³-hybridized carbons (Fsp3) is 0.692. The molecular formula is C13H21N3O3. The van der Waals surface area contributed by atoms with E-state index in [1.165, 1.54) is 0 Å². The molecule has 1 aromatic rings. The molecule has 2 amide bonds. The summed E-state index contributed by atoms with van der Waals surface area (Å²) in [5.41, 5.74) is 0.893. The molecule has 6 nitrogen and oxygen atoms in total. The van der Waals surface area contributed by atoms with Crippen molar-refractivity contribution in [2.45, 2.75) is 51.5 Å². The highest BCUT2D eigenvalue weighted by molar-refractivity contribution is 5.90. The number of rotatable bonds is 4. The number of hydrogen-bond donors (Lipinski definition) is 3. The minimum atomic E-state index is -0.471. The number of carbonyl (C=O) groups is 1. The van der Waals surface area contributed by atoms with E-state index in [1.807, 2.05) is 6.92 Å². The molecular weight excluding hydrogens is 246 g/mol. The van der Waals surface area contributed by atoms with Crippen LogP contribution in [0.15, 0.2) is 4.52 Å². The molecule has 1 aliphatic carbocycles. The van der Waals surface area contributed by atoms with E-state index >= 15 is 0 Å². The Bertz CT molecular complexity index is 450. The van der Waals surface area contributed by atoms with Gasteiger partial charge in [-0.3, -0.25) is 0 Å². The van der Waals surface area contributed by atoms with Gasteiger partial charge in [0.25, 0.3) is 0 Å². The molecule has 19 heavy (non-hydrogen) atoms. The number of nitrogens with zero attached hydrogens (tertiary/aromatic N) is 1. The molecule has 0 aromatic carbocycles. The second-order valence-corrected chi connectivity index (χ2v) is 5.14. The highest BCUT2D eigenvalue weighted by Crippen LogP contribution is 2.29. The quantitative estimate of drug-likeness (QED) is 0.778. The van der Waals surface area contributed by atoms with E-state index in [0.29, 0.717) is 17.9 Å². The van der Waals surface area contributed by atoms with Gasteiger partial charge in [0.05, 0.1) is 12.1 Å². The highest BCUT2D eigenvalue weighted by atomic mass is 16.5. The van der Waals surface area contributed by atoms with Crippen LogP contribution in [0, 0.1) is 6.92 Å². The Morgan fingerprint density at radius 2 is 2.16 bits per heavy atom. The summed E-state index contributed by atoms with van der Waals surface area (Å²) in [7, 11) is 0. The summed E-state index contributed by atoms with van der Waals surface area (Å²) >= 11 is 0. The number of hydrogen-bond acceptors (Lipinski definition) is 4. The van der Waals surface area contributed by atoms with Crippen LogP contribution in [0.25, 0.3) is 0 Å². The normalized spacial score (nSPS) is 17.4. The Hall–Kier alpha value is -1.56. The minimum Gasteiger partial charge on any atom is -0.394 e. The van der Waals surface area contributed by atoms with Crippen LogP contribution in [0.5, 0.6) is 0 Å². The van der Waals surface area contributed by atoms with Gasteiger partial charge < -0.3 is 20.3 Å². The third-order valence-electron chi connectivity index (χ3n) is 3.75. The van der Waals surface area contributed by atoms with Crippen LogP contribution in [0.3, 0.4) is 0 Å². The molecule has 2 rings (SSSR count). The molecule has 0 unspecified atom stereocenters. The Labute approximate surface area is 112 Å². The maximum atomic E-state index is 12.0. The summed E-state index contributed by atoms with van der Waals surface area (Å²) in [4.78, 5) is 12.0. The topological polar surface area (TPSA) is 87.4 Å². The lowest BCUT2D eigenvalue weighted by molar-refractivity contribution is 0.167. The predicted octanol–water partition coefficient (Wildman–Crippen LogP) is 1.97. The van der Waals surface area contributed by atoms with Gasteiger partial charge in [0.15, 0.2) is 5.76 Å². The first-order valence-corrected chi connectivity index (χ1v) is 6.75. The Balaban J connectivity index is 2.03. The molecule has 106 valence electrons. The van der Waals surface area contributed by atoms with Crippen LogP contribution in [0.4, 0.5) is 10.5 Å². The van der Waals surface area contributed by atoms with Gasteiger partial charge in [-0.25, -0.2) is 4.79 Å². The monoisotopic (exact) mass is 267 g/mol. The first-order valence-electron chi connectivity index (χ1n) is 6.75. The molecule has 0 aliphatic heterocycles. The van der Waals surface area contributed by atoms with Crippen LogP contribution >= 0.6 is 0 Å². The molecule has 1 heterocycles. The van der Waals surface area contributed by atoms with Crippen molar-refractivity contribution >= 4 is 11.7 Å². The highest BCUT2D eigenvalue weighted by Gasteiger charge is 2.34. The van der Waals surface area contributed by atoms with E-state index in [0.717, 1.165) is 31.4 Å². The van der Waals surface area contributed by atoms with E-state index < -0.39 is 5.54 Å². The molecule has 1 aliphatic rings. The molecule has 0 atom stereocenters. The lowest BCUT2D eigenvalue weighted by Gasteiger charge is -2.27. The second-order valence-electron chi connectivity index (χ2n) is 5.14. The van der Waals surface area contributed by atoms with Crippen molar-refractivity contribution in [1.29, 1.82) is 0 Å². The zero-order chi connectivity index (χ0) is 13.9. The molecule has 1 fully saturated rings. The number of urea groups is 1. The van der Waals surface area contributed by atoms with Gasteiger partial charge in [0.2, 0.25) is 0 Å². The van der Waals surface area contributed by atoms with Crippen LogP contribution in [0.2, 0.25) is 0 Å². The van der Waals surface area contributed by atoms with Gasteiger partial charge in [-0.2, -0.15) is 0 Å². The van der Waals surface area contributed by atoms with E-state index in [1.54, 1.807) is 6.92 Å². The standard InChI is InChI=1S/C13H21N3O3/c1-3-10-11(9(2)19-16-10)14-12(18)15-13(8-17)6-4-5-7-13/h17H,3-8H2,1-2H3,(H2,14,15,18). The average molecular weight is 267 g/mol. The Morgan fingerprint density at radius 3 is 2.74 bits per heavy atom. The van der Waals surface area contributed by atoms with E-state index in [2.05, 4.69) is 15.8 Å². The molecule has 0 radical (unpaired) electrons. The fourth-order valence-corrected chi connectivity index (χ4v) is 2.58. The second kappa shape index (κ2) is 5.61. The minimum absolute atomic E-state index is 0.0241.